The van der Waals surface area contributed by atoms with Gasteiger partial charge in [0.1, 0.15) is 6.54 Å². The number of halogens is 3. The van der Waals surface area contributed by atoms with Crippen molar-refractivity contribution in [1.29, 1.82) is 0 Å². The summed E-state index contributed by atoms with van der Waals surface area (Å²) in [5, 5.41) is 0. The number of likely N-dealkylation sites (N-methyl/N-ethyl adjacent to an activating group) is 1. The zero-order valence-corrected chi connectivity index (χ0v) is 12.9. The molecule has 1 aromatic rings. The Bertz CT molecular complexity index is 530. The maximum absolute atomic E-state index is 12.4. The summed E-state index contributed by atoms with van der Waals surface area (Å²) in [6.45, 7) is 0.815. The third-order valence-electron chi connectivity index (χ3n) is 4.11. The molecule has 122 valence electrons. The number of amides is 1. The molecule has 0 fully saturated rings. The summed E-state index contributed by atoms with van der Waals surface area (Å²) in [4.78, 5) is 14.9. The van der Waals surface area contributed by atoms with Crippen molar-refractivity contribution in [3.8, 4) is 0 Å². The summed E-state index contributed by atoms with van der Waals surface area (Å²) in [6, 6.07) is 7.99. The molecule has 1 aromatic carbocycles. The van der Waals surface area contributed by atoms with Crippen molar-refractivity contribution < 1.29 is 18.0 Å². The molecule has 1 aliphatic heterocycles. The second kappa shape index (κ2) is 6.58. The topological polar surface area (TPSA) is 23.6 Å². The molecule has 0 N–H and O–H groups in total. The van der Waals surface area contributed by atoms with Gasteiger partial charge in [0.2, 0.25) is 5.91 Å². The number of anilines is 1. The number of aryl methyl sites for hydroxylation is 1. The molecule has 2 rings (SSSR count). The highest BCUT2D eigenvalue weighted by Gasteiger charge is 2.33. The number of alkyl halides is 3. The fourth-order valence-corrected chi connectivity index (χ4v) is 2.94. The maximum atomic E-state index is 12.4. The van der Waals surface area contributed by atoms with Crippen LogP contribution in [0, 0.1) is 0 Å². The minimum atomic E-state index is -4.37. The van der Waals surface area contributed by atoms with Crippen molar-refractivity contribution in [2.75, 3.05) is 25.0 Å². The molecule has 0 radical (unpaired) electrons. The number of fused-ring (bicyclic) bond motifs is 1. The Morgan fingerprint density at radius 1 is 1.36 bits per heavy atom. The first-order valence-electron chi connectivity index (χ1n) is 7.47. The molecule has 1 heterocycles. The number of rotatable bonds is 4. The van der Waals surface area contributed by atoms with E-state index in [-0.39, 0.29) is 12.6 Å². The molecule has 1 aliphatic rings. The molecule has 22 heavy (non-hydrogen) atoms. The molecule has 6 heteroatoms. The number of hydrogen-bond donors (Lipinski definition) is 0. The minimum absolute atomic E-state index is 0.0118. The Kier molecular flexibility index (Phi) is 4.98. The molecule has 1 amide bonds. The normalized spacial score (nSPS) is 18.0. The average Bonchev–Trinajstić information content (AvgIpc) is 2.45. The van der Waals surface area contributed by atoms with Gasteiger partial charge in [0.05, 0.1) is 6.54 Å². The molecule has 3 nitrogen and oxygen atoms in total. The first kappa shape index (κ1) is 16.6. The Morgan fingerprint density at radius 3 is 2.68 bits per heavy atom. The average molecular weight is 314 g/mol. The molecule has 0 spiro atoms. The van der Waals surface area contributed by atoms with Crippen molar-refractivity contribution in [2.24, 2.45) is 0 Å². The van der Waals surface area contributed by atoms with Gasteiger partial charge in [-0.25, -0.2) is 0 Å². The predicted molar refractivity (Wildman–Crippen MR) is 79.9 cm³/mol. The first-order valence-corrected chi connectivity index (χ1v) is 7.47. The Morgan fingerprint density at radius 2 is 2.05 bits per heavy atom. The molecule has 0 aliphatic carbocycles. The van der Waals surface area contributed by atoms with Gasteiger partial charge in [-0.3, -0.25) is 4.79 Å². The smallest absolute Gasteiger partial charge is 0.359 e. The lowest BCUT2D eigenvalue weighted by atomic mass is 9.94. The van der Waals surface area contributed by atoms with Crippen LogP contribution in [0.15, 0.2) is 24.3 Å². The van der Waals surface area contributed by atoms with Gasteiger partial charge in [0, 0.05) is 18.8 Å². The van der Waals surface area contributed by atoms with E-state index in [9.17, 15) is 18.0 Å². The van der Waals surface area contributed by atoms with Crippen molar-refractivity contribution in [3.05, 3.63) is 29.8 Å². The summed E-state index contributed by atoms with van der Waals surface area (Å²) < 4.78 is 37.3. The molecule has 0 aromatic heterocycles. The SMILES string of the molecule is CCC1CCc2ccccc2N1CC(=O)N(C)CC(F)(F)F. The van der Waals surface area contributed by atoms with Crippen LogP contribution < -0.4 is 4.90 Å². The van der Waals surface area contributed by atoms with Gasteiger partial charge in [-0.05, 0) is 30.9 Å². The zero-order valence-electron chi connectivity index (χ0n) is 12.9. The number of hydrogen-bond acceptors (Lipinski definition) is 2. The van der Waals surface area contributed by atoms with E-state index in [1.54, 1.807) is 0 Å². The van der Waals surface area contributed by atoms with E-state index in [1.807, 2.05) is 36.1 Å². The minimum Gasteiger partial charge on any atom is -0.359 e. The Labute approximate surface area is 128 Å². The van der Waals surface area contributed by atoms with Crippen LogP contribution >= 0.6 is 0 Å². The van der Waals surface area contributed by atoms with Gasteiger partial charge < -0.3 is 9.80 Å². The molecule has 0 saturated carbocycles. The van der Waals surface area contributed by atoms with Crippen LogP contribution in [0.5, 0.6) is 0 Å². The molecular weight excluding hydrogens is 293 g/mol. The van der Waals surface area contributed by atoms with Gasteiger partial charge in [0.25, 0.3) is 0 Å². The van der Waals surface area contributed by atoms with E-state index in [1.165, 1.54) is 7.05 Å². The van der Waals surface area contributed by atoms with Crippen LogP contribution in [0.3, 0.4) is 0 Å². The van der Waals surface area contributed by atoms with Crippen molar-refractivity contribution in [3.63, 3.8) is 0 Å². The highest BCUT2D eigenvalue weighted by Crippen LogP contribution is 2.31. The van der Waals surface area contributed by atoms with Crippen molar-refractivity contribution in [2.45, 2.75) is 38.4 Å². The van der Waals surface area contributed by atoms with Gasteiger partial charge in [-0.2, -0.15) is 13.2 Å². The van der Waals surface area contributed by atoms with Crippen LogP contribution in [0.1, 0.15) is 25.3 Å². The van der Waals surface area contributed by atoms with Gasteiger partial charge in [-0.1, -0.05) is 25.1 Å². The standard InChI is InChI=1S/C16H21F3N2O/c1-3-13-9-8-12-6-4-5-7-14(12)21(13)10-15(22)20(2)11-16(17,18)19/h4-7,13H,3,8-11H2,1-2H3. The number of carbonyl (C=O) groups excluding carboxylic acids is 1. The number of para-hydroxylation sites is 1. The zero-order chi connectivity index (χ0) is 16.3. The molecule has 1 unspecified atom stereocenters. The lowest BCUT2D eigenvalue weighted by Gasteiger charge is -2.39. The molecule has 0 saturated heterocycles. The first-order chi connectivity index (χ1) is 10.3. The van der Waals surface area contributed by atoms with Gasteiger partial charge in [0.15, 0.2) is 0 Å². The molecular formula is C16H21F3N2O. The quantitative estimate of drug-likeness (QED) is 0.852. The van der Waals surface area contributed by atoms with Crippen LogP contribution in [0.25, 0.3) is 0 Å². The highest BCUT2D eigenvalue weighted by molar-refractivity contribution is 5.82. The Hall–Kier alpha value is -1.72. The summed E-state index contributed by atoms with van der Waals surface area (Å²) in [5.41, 5.74) is 2.12. The summed E-state index contributed by atoms with van der Waals surface area (Å²) >= 11 is 0. The largest absolute Gasteiger partial charge is 0.406 e. The van der Waals surface area contributed by atoms with Crippen molar-refractivity contribution >= 4 is 11.6 Å². The van der Waals surface area contributed by atoms with Crippen LogP contribution in [0.4, 0.5) is 18.9 Å². The van der Waals surface area contributed by atoms with Gasteiger partial charge >= 0.3 is 6.18 Å². The van der Waals surface area contributed by atoms with E-state index in [0.29, 0.717) is 0 Å². The van der Waals surface area contributed by atoms with E-state index >= 15 is 0 Å². The summed E-state index contributed by atoms with van der Waals surface area (Å²) in [7, 11) is 1.20. The fourth-order valence-electron chi connectivity index (χ4n) is 2.94. The van der Waals surface area contributed by atoms with Crippen LogP contribution in [-0.4, -0.2) is 43.2 Å². The van der Waals surface area contributed by atoms with Gasteiger partial charge in [-0.15, -0.1) is 0 Å². The molecule has 1 atom stereocenters. The lowest BCUT2D eigenvalue weighted by Crippen LogP contribution is -2.47. The lowest BCUT2D eigenvalue weighted by molar-refractivity contribution is -0.157. The highest BCUT2D eigenvalue weighted by atomic mass is 19.4. The summed E-state index contributed by atoms with van der Waals surface area (Å²) in [6.07, 6.45) is -1.64. The second-order valence-corrected chi connectivity index (χ2v) is 5.72. The molecule has 0 bridgehead atoms. The van der Waals surface area contributed by atoms with Crippen LogP contribution in [0.2, 0.25) is 0 Å². The Balaban J connectivity index is 2.14. The van der Waals surface area contributed by atoms with E-state index in [4.69, 9.17) is 0 Å². The monoisotopic (exact) mass is 314 g/mol. The fraction of sp³-hybridized carbons (Fsp3) is 0.562. The second-order valence-electron chi connectivity index (χ2n) is 5.72. The van der Waals surface area contributed by atoms with Crippen molar-refractivity contribution in [1.82, 2.24) is 4.90 Å². The maximum Gasteiger partial charge on any atom is 0.406 e. The van der Waals surface area contributed by atoms with E-state index < -0.39 is 18.6 Å². The van der Waals surface area contributed by atoms with E-state index in [0.717, 1.165) is 35.4 Å². The number of nitrogens with zero attached hydrogens (tertiary/aromatic N) is 2. The summed E-state index contributed by atoms with van der Waals surface area (Å²) in [5.74, 6) is -0.507. The number of carbonyl (C=O) groups is 1. The predicted octanol–water partition coefficient (Wildman–Crippen LogP) is 3.24. The third kappa shape index (κ3) is 3.93. The third-order valence-corrected chi connectivity index (χ3v) is 4.11. The van der Waals surface area contributed by atoms with Crippen LogP contribution in [-0.2, 0) is 11.2 Å². The van der Waals surface area contributed by atoms with E-state index in [2.05, 4.69) is 0 Å². The number of benzene rings is 1.